The van der Waals surface area contributed by atoms with Gasteiger partial charge in [0.05, 0.1) is 18.6 Å². The van der Waals surface area contributed by atoms with Crippen LogP contribution in [0.25, 0.3) is 0 Å². The smallest absolute Gasteiger partial charge is 0.311 e. The minimum atomic E-state index is -4.65. The van der Waals surface area contributed by atoms with E-state index in [1.54, 1.807) is 13.8 Å². The van der Waals surface area contributed by atoms with Crippen molar-refractivity contribution in [1.82, 2.24) is 0 Å². The normalized spacial score (nSPS) is 12.5. The summed E-state index contributed by atoms with van der Waals surface area (Å²) in [5.41, 5.74) is -0.550. The number of rotatable bonds is 7. The molecule has 0 fully saturated rings. The molecule has 6 nitrogen and oxygen atoms in total. The molecule has 0 saturated carbocycles. The molecule has 0 unspecified atom stereocenters. The Morgan fingerprint density at radius 2 is 1.88 bits per heavy atom. The van der Waals surface area contributed by atoms with E-state index < -0.39 is 15.8 Å². The molecule has 7 heteroatoms. The van der Waals surface area contributed by atoms with Gasteiger partial charge in [0.25, 0.3) is 0 Å². The first-order chi connectivity index (χ1) is 7.19. The molecule has 0 aliphatic carbocycles. The molecule has 0 spiro atoms. The fourth-order valence-electron chi connectivity index (χ4n) is 0.724. The lowest BCUT2D eigenvalue weighted by Crippen LogP contribution is -2.26. The molecule has 0 aromatic rings. The maximum absolute atomic E-state index is 11.4. The van der Waals surface area contributed by atoms with Crippen molar-refractivity contribution in [3.63, 3.8) is 0 Å². The van der Waals surface area contributed by atoms with Crippen LogP contribution in [0.3, 0.4) is 0 Å². The summed E-state index contributed by atoms with van der Waals surface area (Å²) in [5, 5.41) is 0. The molecular weight excluding hydrogens is 236 g/mol. The van der Waals surface area contributed by atoms with E-state index in [-0.39, 0.29) is 25.6 Å². The van der Waals surface area contributed by atoms with Crippen molar-refractivity contribution >= 4 is 16.4 Å². The Labute approximate surface area is 95.9 Å². The summed E-state index contributed by atoms with van der Waals surface area (Å²) in [5.74, 6) is -0.347. The Morgan fingerprint density at radius 3 is 2.31 bits per heavy atom. The Bertz CT molecular complexity index is 319. The van der Waals surface area contributed by atoms with Gasteiger partial charge in [-0.05, 0) is 20.3 Å². The number of carbonyl (C=O) groups excluding carboxylic acids is 1. The third-order valence-electron chi connectivity index (χ3n) is 2.19. The third kappa shape index (κ3) is 6.76. The molecule has 0 amide bonds. The Balaban J connectivity index is 3.72. The first kappa shape index (κ1) is 15.3. The van der Waals surface area contributed by atoms with Crippen LogP contribution in [0.5, 0.6) is 0 Å². The lowest BCUT2D eigenvalue weighted by Gasteiger charge is -2.20. The van der Waals surface area contributed by atoms with Gasteiger partial charge in [0.15, 0.2) is 0 Å². The molecule has 0 aliphatic rings. The van der Waals surface area contributed by atoms with Crippen molar-refractivity contribution in [3.8, 4) is 0 Å². The number of esters is 1. The second-order valence-corrected chi connectivity index (χ2v) is 5.01. The Kier molecular flexibility index (Phi) is 5.91. The third-order valence-corrected chi connectivity index (χ3v) is 2.64. The average Bonchev–Trinajstić information content (AvgIpc) is 2.15. The summed E-state index contributed by atoms with van der Waals surface area (Å²) >= 11 is 0. The highest BCUT2D eigenvalue weighted by molar-refractivity contribution is 7.80. The van der Waals surface area contributed by atoms with Crippen LogP contribution in [0.4, 0.5) is 0 Å². The van der Waals surface area contributed by atoms with E-state index in [1.165, 1.54) is 0 Å². The lowest BCUT2D eigenvalue weighted by molar-refractivity contribution is -0.154. The second kappa shape index (κ2) is 6.17. The summed E-state index contributed by atoms with van der Waals surface area (Å²) < 4.78 is 39.0. The number of hydrogen-bond donors (Lipinski definition) is 0. The number of hydrogen-bond acceptors (Lipinski definition) is 6. The van der Waals surface area contributed by atoms with Gasteiger partial charge in [-0.1, -0.05) is 6.92 Å². The van der Waals surface area contributed by atoms with Gasteiger partial charge >= 0.3 is 5.97 Å². The molecule has 0 aromatic heterocycles. The van der Waals surface area contributed by atoms with Gasteiger partial charge in [-0.25, -0.2) is 8.42 Å². The highest BCUT2D eigenvalue weighted by atomic mass is 32.3. The lowest BCUT2D eigenvalue weighted by atomic mass is 9.91. The van der Waals surface area contributed by atoms with Crippen molar-refractivity contribution in [2.75, 3.05) is 13.2 Å². The highest BCUT2D eigenvalue weighted by Crippen LogP contribution is 2.21. The van der Waals surface area contributed by atoms with Gasteiger partial charge in [-0.3, -0.25) is 8.98 Å². The predicted octanol–water partition coefficient (Wildman–Crippen LogP) is 0.833. The van der Waals surface area contributed by atoms with E-state index in [9.17, 15) is 17.8 Å². The SMILES string of the molecule is CCC(C)(C)C(=O)OCCCOS(=O)(=O)[O-]. The van der Waals surface area contributed by atoms with Gasteiger partial charge in [-0.15, -0.1) is 0 Å². The van der Waals surface area contributed by atoms with Crippen molar-refractivity contribution in [2.45, 2.75) is 33.6 Å². The molecule has 0 bridgehead atoms. The predicted molar refractivity (Wildman–Crippen MR) is 55.3 cm³/mol. The second-order valence-electron chi connectivity index (χ2n) is 3.96. The molecule has 0 aliphatic heterocycles. The van der Waals surface area contributed by atoms with E-state index in [4.69, 9.17) is 4.74 Å². The van der Waals surface area contributed by atoms with Crippen LogP contribution in [-0.4, -0.2) is 32.2 Å². The molecule has 0 heterocycles. The van der Waals surface area contributed by atoms with Crippen LogP contribution < -0.4 is 0 Å². The van der Waals surface area contributed by atoms with E-state index in [0.717, 1.165) is 0 Å². The number of ether oxygens (including phenoxy) is 1. The fraction of sp³-hybridized carbons (Fsp3) is 0.889. The first-order valence-corrected chi connectivity index (χ1v) is 6.30. The summed E-state index contributed by atoms with van der Waals surface area (Å²) in [6, 6.07) is 0. The van der Waals surface area contributed by atoms with Crippen LogP contribution in [-0.2, 0) is 24.1 Å². The van der Waals surface area contributed by atoms with Crippen molar-refractivity contribution in [3.05, 3.63) is 0 Å². The van der Waals surface area contributed by atoms with E-state index in [2.05, 4.69) is 4.18 Å². The van der Waals surface area contributed by atoms with E-state index >= 15 is 0 Å². The summed E-state index contributed by atoms with van der Waals surface area (Å²) in [6.07, 6.45) is 0.824. The van der Waals surface area contributed by atoms with E-state index in [1.807, 2.05) is 6.92 Å². The van der Waals surface area contributed by atoms with Gasteiger partial charge in [-0.2, -0.15) is 0 Å². The highest BCUT2D eigenvalue weighted by Gasteiger charge is 2.26. The molecule has 0 N–H and O–H groups in total. The Hall–Kier alpha value is -0.660. The van der Waals surface area contributed by atoms with Crippen molar-refractivity contribution in [1.29, 1.82) is 0 Å². The Morgan fingerprint density at radius 1 is 1.31 bits per heavy atom. The van der Waals surface area contributed by atoms with Crippen molar-refractivity contribution in [2.24, 2.45) is 5.41 Å². The first-order valence-electron chi connectivity index (χ1n) is 4.96. The molecule has 0 aromatic carbocycles. The van der Waals surface area contributed by atoms with Crippen LogP contribution >= 0.6 is 0 Å². The molecule has 0 rings (SSSR count). The molecule has 0 radical (unpaired) electrons. The fourth-order valence-corrected chi connectivity index (χ4v) is 1.05. The quantitative estimate of drug-likeness (QED) is 0.289. The standard InChI is InChI=1S/C9H18O6S/c1-4-9(2,3)8(10)14-6-5-7-15-16(11,12)13/h4-7H2,1-3H3,(H,11,12,13)/p-1. The van der Waals surface area contributed by atoms with E-state index in [0.29, 0.717) is 6.42 Å². The molecule has 0 saturated heterocycles. The summed E-state index contributed by atoms with van der Waals surface area (Å²) in [7, 11) is -4.65. The zero-order chi connectivity index (χ0) is 12.8. The van der Waals surface area contributed by atoms with Gasteiger partial charge in [0.1, 0.15) is 0 Å². The zero-order valence-corrected chi connectivity index (χ0v) is 10.5. The molecule has 0 atom stereocenters. The number of carbonyl (C=O) groups is 1. The van der Waals surface area contributed by atoms with Crippen LogP contribution in [0.1, 0.15) is 33.6 Å². The largest absolute Gasteiger partial charge is 0.726 e. The van der Waals surface area contributed by atoms with Crippen LogP contribution in [0.2, 0.25) is 0 Å². The molecule has 96 valence electrons. The van der Waals surface area contributed by atoms with Gasteiger partial charge < -0.3 is 9.29 Å². The molecule has 16 heavy (non-hydrogen) atoms. The minimum absolute atomic E-state index is 0.0395. The van der Waals surface area contributed by atoms with Crippen LogP contribution in [0, 0.1) is 5.41 Å². The maximum atomic E-state index is 11.4. The maximum Gasteiger partial charge on any atom is 0.311 e. The van der Waals surface area contributed by atoms with Crippen molar-refractivity contribution < 1.29 is 26.7 Å². The monoisotopic (exact) mass is 253 g/mol. The summed E-state index contributed by atoms with van der Waals surface area (Å²) in [6.45, 7) is 5.15. The topological polar surface area (TPSA) is 92.7 Å². The van der Waals surface area contributed by atoms with Crippen LogP contribution in [0.15, 0.2) is 0 Å². The average molecular weight is 253 g/mol. The van der Waals surface area contributed by atoms with Gasteiger partial charge in [0, 0.05) is 6.42 Å². The minimum Gasteiger partial charge on any atom is -0.726 e. The van der Waals surface area contributed by atoms with Gasteiger partial charge in [0.2, 0.25) is 10.4 Å². The summed E-state index contributed by atoms with van der Waals surface area (Å²) in [4.78, 5) is 11.4. The molecular formula is C9H17O6S-. The zero-order valence-electron chi connectivity index (χ0n) is 9.69.